The Labute approximate surface area is 145 Å². The second kappa shape index (κ2) is 9.44. The van der Waals surface area contributed by atoms with Crippen molar-refractivity contribution in [2.45, 2.75) is 19.1 Å². The lowest BCUT2D eigenvalue weighted by molar-refractivity contribution is -0.0685. The van der Waals surface area contributed by atoms with E-state index in [-0.39, 0.29) is 19.4 Å². The Hall–Kier alpha value is -3.04. The van der Waals surface area contributed by atoms with Gasteiger partial charge in [0.05, 0.1) is 19.1 Å². The smallest absolute Gasteiger partial charge is 0.344 e. The maximum atomic E-state index is 13.7. The Morgan fingerprint density at radius 2 is 1.42 bits per heavy atom. The van der Waals surface area contributed by atoms with Crippen LogP contribution in [0.1, 0.15) is 33.6 Å². The van der Waals surface area contributed by atoms with Crippen molar-refractivity contribution in [2.75, 3.05) is 6.61 Å². The first-order chi connectivity index (χ1) is 12.3. The van der Waals surface area contributed by atoms with E-state index in [4.69, 9.17) is 14.6 Å². The first kappa shape index (κ1) is 21.0. The molecule has 0 heterocycles. The molecule has 10 heteroatoms. The summed E-state index contributed by atoms with van der Waals surface area (Å²) in [6, 6.07) is 0. The average molecular weight is 378 g/mol. The monoisotopic (exact) mass is 378 g/mol. The van der Waals surface area contributed by atoms with Crippen molar-refractivity contribution in [2.24, 2.45) is 0 Å². The Bertz CT molecular complexity index is 680. The van der Waals surface area contributed by atoms with E-state index >= 15 is 0 Å². The molecule has 0 aliphatic heterocycles. The molecule has 0 unspecified atom stereocenters. The zero-order valence-electron chi connectivity index (χ0n) is 13.3. The fourth-order valence-electron chi connectivity index (χ4n) is 1.87. The number of aromatic carboxylic acids is 1. The third kappa shape index (κ3) is 4.74. The SMILES string of the molecule is C=COC(CCCOC(=O)c1c(F)c(F)c(C(=O)O)c(F)c1F)OC=C. The number of rotatable bonds is 10. The molecule has 1 rings (SSSR count). The van der Waals surface area contributed by atoms with E-state index in [1.165, 1.54) is 0 Å². The van der Waals surface area contributed by atoms with Gasteiger partial charge in [0.2, 0.25) is 6.29 Å². The number of carbonyl (C=O) groups excluding carboxylic acids is 1. The quantitative estimate of drug-likeness (QED) is 0.168. The van der Waals surface area contributed by atoms with Crippen LogP contribution in [0.5, 0.6) is 0 Å². The summed E-state index contributed by atoms with van der Waals surface area (Å²) >= 11 is 0. The minimum atomic E-state index is -2.23. The van der Waals surface area contributed by atoms with Crippen molar-refractivity contribution in [3.05, 3.63) is 60.1 Å². The summed E-state index contributed by atoms with van der Waals surface area (Å²) in [5, 5.41) is 8.57. The van der Waals surface area contributed by atoms with Gasteiger partial charge < -0.3 is 19.3 Å². The van der Waals surface area contributed by atoms with Gasteiger partial charge in [0.1, 0.15) is 11.1 Å². The number of carboxylic acids is 1. The first-order valence-electron chi connectivity index (χ1n) is 7.05. The fraction of sp³-hybridized carbons (Fsp3) is 0.250. The van der Waals surface area contributed by atoms with Crippen LogP contribution in [0.4, 0.5) is 17.6 Å². The number of hydrogen-bond acceptors (Lipinski definition) is 5. The van der Waals surface area contributed by atoms with Crippen LogP contribution in [0.2, 0.25) is 0 Å². The normalized spacial score (nSPS) is 10.3. The van der Waals surface area contributed by atoms with Gasteiger partial charge in [-0.2, -0.15) is 0 Å². The summed E-state index contributed by atoms with van der Waals surface area (Å²) in [7, 11) is 0. The highest BCUT2D eigenvalue weighted by Gasteiger charge is 2.33. The molecule has 0 amide bonds. The lowest BCUT2D eigenvalue weighted by Gasteiger charge is -2.15. The van der Waals surface area contributed by atoms with Crippen LogP contribution in [-0.2, 0) is 14.2 Å². The maximum absolute atomic E-state index is 13.7. The fourth-order valence-corrected chi connectivity index (χ4v) is 1.87. The van der Waals surface area contributed by atoms with E-state index < -0.39 is 52.6 Å². The van der Waals surface area contributed by atoms with Crippen LogP contribution < -0.4 is 0 Å². The molecule has 0 fully saturated rings. The molecule has 1 N–H and O–H groups in total. The van der Waals surface area contributed by atoms with Gasteiger partial charge in [0.15, 0.2) is 23.3 Å². The van der Waals surface area contributed by atoms with Gasteiger partial charge in [0.25, 0.3) is 0 Å². The lowest BCUT2D eigenvalue weighted by Crippen LogP contribution is -2.19. The summed E-state index contributed by atoms with van der Waals surface area (Å²) in [5.41, 5.74) is -3.51. The lowest BCUT2D eigenvalue weighted by atomic mass is 10.1. The van der Waals surface area contributed by atoms with Crippen LogP contribution in [0.25, 0.3) is 0 Å². The molecule has 0 atom stereocenters. The molecule has 1 aromatic rings. The summed E-state index contributed by atoms with van der Waals surface area (Å²) in [4.78, 5) is 22.3. The number of hydrogen-bond donors (Lipinski definition) is 1. The second-order valence-corrected chi connectivity index (χ2v) is 4.62. The van der Waals surface area contributed by atoms with Gasteiger partial charge in [-0.1, -0.05) is 13.2 Å². The van der Waals surface area contributed by atoms with Gasteiger partial charge >= 0.3 is 11.9 Å². The molecule has 142 valence electrons. The molecule has 0 saturated heterocycles. The zero-order valence-corrected chi connectivity index (χ0v) is 13.3. The van der Waals surface area contributed by atoms with Gasteiger partial charge in [-0.15, -0.1) is 0 Å². The molecule has 0 saturated carbocycles. The molecular weight excluding hydrogens is 364 g/mol. The highest BCUT2D eigenvalue weighted by atomic mass is 19.2. The van der Waals surface area contributed by atoms with E-state index in [0.29, 0.717) is 0 Å². The van der Waals surface area contributed by atoms with Crippen LogP contribution in [0, 0.1) is 23.3 Å². The van der Waals surface area contributed by atoms with Gasteiger partial charge in [-0.05, 0) is 6.42 Å². The van der Waals surface area contributed by atoms with Crippen molar-refractivity contribution < 1.29 is 46.5 Å². The molecule has 6 nitrogen and oxygen atoms in total. The van der Waals surface area contributed by atoms with Gasteiger partial charge in [-0.3, -0.25) is 0 Å². The van der Waals surface area contributed by atoms with E-state index in [2.05, 4.69) is 17.9 Å². The first-order valence-corrected chi connectivity index (χ1v) is 7.05. The molecule has 26 heavy (non-hydrogen) atoms. The minimum Gasteiger partial charge on any atom is -0.477 e. The maximum Gasteiger partial charge on any atom is 0.344 e. The number of halogens is 4. The van der Waals surface area contributed by atoms with Gasteiger partial charge in [-0.25, -0.2) is 27.2 Å². The molecule has 1 aromatic carbocycles. The number of carboxylic acid groups (broad SMARTS) is 1. The topological polar surface area (TPSA) is 82.1 Å². The van der Waals surface area contributed by atoms with Crippen LogP contribution in [-0.4, -0.2) is 29.9 Å². The Morgan fingerprint density at radius 3 is 1.85 bits per heavy atom. The van der Waals surface area contributed by atoms with Crippen molar-refractivity contribution in [1.82, 2.24) is 0 Å². The Balaban J connectivity index is 2.84. The van der Waals surface area contributed by atoms with E-state index in [1.807, 2.05) is 0 Å². The number of ether oxygens (including phenoxy) is 3. The van der Waals surface area contributed by atoms with Crippen molar-refractivity contribution in [3.8, 4) is 0 Å². The molecule has 0 aliphatic rings. The minimum absolute atomic E-state index is 0.0967. The van der Waals surface area contributed by atoms with Crippen molar-refractivity contribution in [1.29, 1.82) is 0 Å². The number of benzene rings is 1. The largest absolute Gasteiger partial charge is 0.477 e. The van der Waals surface area contributed by atoms with E-state index in [0.717, 1.165) is 12.5 Å². The van der Waals surface area contributed by atoms with E-state index in [9.17, 15) is 27.2 Å². The predicted octanol–water partition coefficient (Wildman–Crippen LogP) is 3.52. The van der Waals surface area contributed by atoms with Crippen LogP contribution in [0.15, 0.2) is 25.7 Å². The van der Waals surface area contributed by atoms with Crippen molar-refractivity contribution >= 4 is 11.9 Å². The van der Waals surface area contributed by atoms with Gasteiger partial charge in [0, 0.05) is 6.42 Å². The Kier molecular flexibility index (Phi) is 7.63. The number of carbonyl (C=O) groups is 2. The third-order valence-electron chi connectivity index (χ3n) is 2.99. The zero-order chi connectivity index (χ0) is 19.9. The summed E-state index contributed by atoms with van der Waals surface area (Å²) in [6.45, 7) is 6.24. The predicted molar refractivity (Wildman–Crippen MR) is 79.1 cm³/mol. The summed E-state index contributed by atoms with van der Waals surface area (Å²) < 4.78 is 69.0. The highest BCUT2D eigenvalue weighted by molar-refractivity contribution is 5.93. The van der Waals surface area contributed by atoms with E-state index in [1.54, 1.807) is 0 Å². The summed E-state index contributed by atoms with van der Waals surface area (Å²) in [5.74, 6) is -12.7. The average Bonchev–Trinajstić information content (AvgIpc) is 2.57. The molecule has 0 radical (unpaired) electrons. The molecular formula is C16H14F4O6. The highest BCUT2D eigenvalue weighted by Crippen LogP contribution is 2.25. The second-order valence-electron chi connectivity index (χ2n) is 4.62. The third-order valence-corrected chi connectivity index (χ3v) is 2.99. The molecule has 0 aliphatic carbocycles. The molecule has 0 bridgehead atoms. The van der Waals surface area contributed by atoms with Crippen molar-refractivity contribution in [3.63, 3.8) is 0 Å². The Morgan fingerprint density at radius 1 is 0.962 bits per heavy atom. The molecule has 0 aromatic heterocycles. The van der Waals surface area contributed by atoms with Crippen LogP contribution >= 0.6 is 0 Å². The summed E-state index contributed by atoms with van der Waals surface area (Å²) in [6.07, 6.45) is 1.67. The van der Waals surface area contributed by atoms with Crippen LogP contribution in [0.3, 0.4) is 0 Å². The molecule has 0 spiro atoms. The standard InChI is InChI=1S/C16H14F4O6/c1-3-24-8(25-4-2)6-5-7-26-16(23)10-13(19)11(17)9(15(21)22)12(18)14(10)20/h3-4,8H,1-2,5-7H2,(H,21,22). The number of esters is 1.